The van der Waals surface area contributed by atoms with Gasteiger partial charge in [-0.2, -0.15) is 0 Å². The van der Waals surface area contributed by atoms with Gasteiger partial charge in [0.1, 0.15) is 5.65 Å². The summed E-state index contributed by atoms with van der Waals surface area (Å²) in [7, 11) is 1.61. The first-order valence-electron chi connectivity index (χ1n) is 10.2. The molecule has 0 unspecified atom stereocenters. The molecule has 2 amide bonds. The molecule has 0 saturated carbocycles. The van der Waals surface area contributed by atoms with Crippen molar-refractivity contribution >= 4 is 23.4 Å². The molecular formula is C23H28N4O3. The number of nitrogens with one attached hydrogen (secondary N) is 2. The number of methoxy groups -OCH3 is 1. The Labute approximate surface area is 176 Å². The summed E-state index contributed by atoms with van der Waals surface area (Å²) in [6.07, 6.45) is 8.79. The smallest absolute Gasteiger partial charge is 0.251 e. The van der Waals surface area contributed by atoms with Crippen molar-refractivity contribution in [2.75, 3.05) is 26.8 Å². The molecule has 0 bridgehead atoms. The molecule has 3 aromatic rings. The maximum Gasteiger partial charge on any atom is 0.251 e. The van der Waals surface area contributed by atoms with Crippen LogP contribution in [0.15, 0.2) is 48.8 Å². The maximum atomic E-state index is 12.1. The van der Waals surface area contributed by atoms with Gasteiger partial charge in [0.25, 0.3) is 5.91 Å². The van der Waals surface area contributed by atoms with Gasteiger partial charge in [-0.1, -0.05) is 6.42 Å². The summed E-state index contributed by atoms with van der Waals surface area (Å²) in [5.74, 6) is -0.110. The van der Waals surface area contributed by atoms with Gasteiger partial charge >= 0.3 is 0 Å². The van der Waals surface area contributed by atoms with Crippen LogP contribution in [0, 0.1) is 0 Å². The van der Waals surface area contributed by atoms with E-state index in [1.807, 2.05) is 41.2 Å². The van der Waals surface area contributed by atoms with Crippen molar-refractivity contribution in [3.63, 3.8) is 0 Å². The number of nitrogens with zero attached hydrogens (tertiary/aromatic N) is 2. The molecule has 0 aliphatic heterocycles. The predicted molar refractivity (Wildman–Crippen MR) is 117 cm³/mol. The molecule has 2 aromatic heterocycles. The second-order valence-electron chi connectivity index (χ2n) is 7.12. The first-order valence-corrected chi connectivity index (χ1v) is 10.2. The topological polar surface area (TPSA) is 85.2 Å². The molecule has 7 heteroatoms. The van der Waals surface area contributed by atoms with E-state index in [2.05, 4.69) is 27.8 Å². The molecule has 0 spiro atoms. The summed E-state index contributed by atoms with van der Waals surface area (Å²) in [5.41, 5.74) is 3.68. The second-order valence-corrected chi connectivity index (χ2v) is 7.12. The van der Waals surface area contributed by atoms with E-state index in [0.717, 1.165) is 55.4 Å². The molecule has 0 aliphatic carbocycles. The summed E-state index contributed by atoms with van der Waals surface area (Å²) >= 11 is 0. The van der Waals surface area contributed by atoms with E-state index < -0.39 is 0 Å². The first-order chi connectivity index (χ1) is 14.7. The highest BCUT2D eigenvalue weighted by Crippen LogP contribution is 2.21. The van der Waals surface area contributed by atoms with E-state index in [4.69, 9.17) is 4.74 Å². The number of rotatable bonds is 12. The van der Waals surface area contributed by atoms with Crippen LogP contribution < -0.4 is 10.6 Å². The van der Waals surface area contributed by atoms with Crippen LogP contribution in [0.3, 0.4) is 0 Å². The Balaban J connectivity index is 1.62. The van der Waals surface area contributed by atoms with Crippen LogP contribution in [-0.2, 0) is 16.0 Å². The Hall–Kier alpha value is -3.19. The van der Waals surface area contributed by atoms with Crippen molar-refractivity contribution in [2.24, 2.45) is 0 Å². The maximum absolute atomic E-state index is 12.1. The number of aryl methyl sites for hydroxylation is 1. The highest BCUT2D eigenvalue weighted by Gasteiger charge is 2.08. The summed E-state index contributed by atoms with van der Waals surface area (Å²) < 4.78 is 6.97. The van der Waals surface area contributed by atoms with Crippen LogP contribution in [0.5, 0.6) is 0 Å². The molecule has 2 N–H and O–H groups in total. The Kier molecular flexibility index (Phi) is 7.97. The second kappa shape index (κ2) is 11.1. The van der Waals surface area contributed by atoms with Gasteiger partial charge in [-0.05, 0) is 61.2 Å². The van der Waals surface area contributed by atoms with E-state index in [1.165, 1.54) is 5.56 Å². The minimum Gasteiger partial charge on any atom is -0.383 e. The quantitative estimate of drug-likeness (QED) is 0.356. The molecule has 1 aromatic carbocycles. The van der Waals surface area contributed by atoms with Crippen LogP contribution in [0.4, 0.5) is 0 Å². The third-order valence-electron chi connectivity index (χ3n) is 4.95. The fourth-order valence-corrected chi connectivity index (χ4v) is 3.35. The van der Waals surface area contributed by atoms with Gasteiger partial charge in [0.15, 0.2) is 0 Å². The van der Waals surface area contributed by atoms with Gasteiger partial charge in [0.2, 0.25) is 6.41 Å². The van der Waals surface area contributed by atoms with Gasteiger partial charge in [-0.15, -0.1) is 0 Å². The molecule has 30 heavy (non-hydrogen) atoms. The van der Waals surface area contributed by atoms with Gasteiger partial charge < -0.3 is 19.9 Å². The molecular weight excluding hydrogens is 380 g/mol. The fourth-order valence-electron chi connectivity index (χ4n) is 3.35. The monoisotopic (exact) mass is 408 g/mol. The van der Waals surface area contributed by atoms with Crippen molar-refractivity contribution < 1.29 is 14.3 Å². The van der Waals surface area contributed by atoms with Crippen LogP contribution in [0.1, 0.15) is 35.2 Å². The molecule has 3 rings (SSSR count). The molecule has 158 valence electrons. The van der Waals surface area contributed by atoms with Crippen molar-refractivity contribution in [3.8, 4) is 5.69 Å². The predicted octanol–water partition coefficient (Wildman–Crippen LogP) is 2.86. The minimum atomic E-state index is -0.110. The number of hydrogen-bond acceptors (Lipinski definition) is 4. The van der Waals surface area contributed by atoms with Crippen LogP contribution >= 0.6 is 0 Å². The number of aromatic nitrogens is 2. The number of fused-ring (bicyclic) bond motifs is 1. The SMILES string of the molecule is COCCNC(=O)c1ccc(-n2ccc3cc(CCCCCNC=O)cnc32)cc1. The largest absolute Gasteiger partial charge is 0.383 e. The van der Waals surface area contributed by atoms with Crippen molar-refractivity contribution in [1.29, 1.82) is 0 Å². The van der Waals surface area contributed by atoms with E-state index in [0.29, 0.717) is 18.7 Å². The first kappa shape index (κ1) is 21.5. The molecule has 0 fully saturated rings. The molecule has 2 heterocycles. The average Bonchev–Trinajstić information content (AvgIpc) is 3.19. The lowest BCUT2D eigenvalue weighted by Crippen LogP contribution is -2.26. The van der Waals surface area contributed by atoms with Gasteiger partial charge in [0, 0.05) is 49.2 Å². The Bertz CT molecular complexity index is 966. The zero-order valence-electron chi connectivity index (χ0n) is 17.3. The normalized spacial score (nSPS) is 10.8. The summed E-state index contributed by atoms with van der Waals surface area (Å²) in [6, 6.07) is 11.7. The zero-order valence-corrected chi connectivity index (χ0v) is 17.3. The number of unbranched alkanes of at least 4 members (excludes halogenated alkanes) is 2. The summed E-state index contributed by atoms with van der Waals surface area (Å²) in [6.45, 7) is 1.71. The highest BCUT2D eigenvalue weighted by atomic mass is 16.5. The van der Waals surface area contributed by atoms with E-state index in [9.17, 15) is 9.59 Å². The number of pyridine rings is 1. The molecule has 0 aliphatic rings. The van der Waals surface area contributed by atoms with Crippen LogP contribution in [0.25, 0.3) is 16.7 Å². The van der Waals surface area contributed by atoms with Crippen molar-refractivity contribution in [2.45, 2.75) is 25.7 Å². The number of ether oxygens (including phenoxy) is 1. The standard InChI is InChI=1S/C23H28N4O3/c1-30-14-12-25-23(29)19-6-8-21(9-7-19)27-13-10-20-15-18(16-26-22(20)27)5-3-2-4-11-24-17-28/h6-10,13,15-17H,2-5,11-12,14H2,1H3,(H,24,28)(H,25,29). The number of carbonyl (C=O) groups is 2. The highest BCUT2D eigenvalue weighted by molar-refractivity contribution is 5.94. The average molecular weight is 409 g/mol. The van der Waals surface area contributed by atoms with Crippen LogP contribution in [-0.4, -0.2) is 48.7 Å². The molecule has 0 saturated heterocycles. The minimum absolute atomic E-state index is 0.110. The third kappa shape index (κ3) is 5.67. The Morgan fingerprint density at radius 2 is 1.97 bits per heavy atom. The van der Waals surface area contributed by atoms with Gasteiger partial charge in [-0.3, -0.25) is 9.59 Å². The number of carbonyl (C=O) groups excluding carboxylic acids is 2. The lowest BCUT2D eigenvalue weighted by molar-refractivity contribution is -0.109. The third-order valence-corrected chi connectivity index (χ3v) is 4.95. The Morgan fingerprint density at radius 1 is 1.13 bits per heavy atom. The number of hydrogen-bond donors (Lipinski definition) is 2. The van der Waals surface area contributed by atoms with Crippen LogP contribution in [0.2, 0.25) is 0 Å². The molecule has 7 nitrogen and oxygen atoms in total. The van der Waals surface area contributed by atoms with E-state index in [1.54, 1.807) is 7.11 Å². The molecule has 0 radical (unpaired) electrons. The van der Waals surface area contributed by atoms with E-state index >= 15 is 0 Å². The summed E-state index contributed by atoms with van der Waals surface area (Å²) in [5, 5.41) is 6.60. The van der Waals surface area contributed by atoms with Crippen molar-refractivity contribution in [1.82, 2.24) is 20.2 Å². The zero-order chi connectivity index (χ0) is 21.2. The lowest BCUT2D eigenvalue weighted by atomic mass is 10.1. The van der Waals surface area contributed by atoms with Crippen molar-refractivity contribution in [3.05, 3.63) is 59.9 Å². The fraction of sp³-hybridized carbons (Fsp3) is 0.348. The lowest BCUT2D eigenvalue weighted by Gasteiger charge is -2.08. The van der Waals surface area contributed by atoms with E-state index in [-0.39, 0.29) is 5.91 Å². The molecule has 0 atom stereocenters. The number of amides is 2. The van der Waals surface area contributed by atoms with Gasteiger partial charge in [-0.25, -0.2) is 4.98 Å². The Morgan fingerprint density at radius 3 is 2.73 bits per heavy atom. The summed E-state index contributed by atoms with van der Waals surface area (Å²) in [4.78, 5) is 27.0. The van der Waals surface area contributed by atoms with Gasteiger partial charge in [0.05, 0.1) is 6.61 Å². The number of benzene rings is 1.